The molecule has 0 aliphatic rings. The first-order valence-electron chi connectivity index (χ1n) is 7.40. The van der Waals surface area contributed by atoms with Crippen molar-refractivity contribution in [1.82, 2.24) is 20.0 Å². The molecule has 8 nitrogen and oxygen atoms in total. The van der Waals surface area contributed by atoms with E-state index in [9.17, 15) is 9.50 Å². The van der Waals surface area contributed by atoms with E-state index in [1.165, 1.54) is 16.9 Å². The molecule has 2 aromatic heterocycles. The van der Waals surface area contributed by atoms with E-state index in [4.69, 9.17) is 11.1 Å². The van der Waals surface area contributed by atoms with E-state index in [-0.39, 0.29) is 17.2 Å². The zero-order chi connectivity index (χ0) is 18.0. The number of para-hydroxylation sites is 1. The highest BCUT2D eigenvalue weighted by molar-refractivity contribution is 5.99. The molecular formula is C16H17FN7O+. The van der Waals surface area contributed by atoms with Gasteiger partial charge in [0.1, 0.15) is 28.5 Å². The van der Waals surface area contributed by atoms with Gasteiger partial charge in [0.15, 0.2) is 0 Å². The van der Waals surface area contributed by atoms with Crippen LogP contribution in [0.5, 0.6) is 0 Å². The van der Waals surface area contributed by atoms with Gasteiger partial charge < -0.3 is 15.8 Å². The third kappa shape index (κ3) is 3.04. The van der Waals surface area contributed by atoms with Gasteiger partial charge in [-0.25, -0.2) is 9.07 Å². The number of hydrogen-bond donors (Lipinski definition) is 4. The standard InChI is InChI=1S/C16H16FN7O/c1-16(25,13-7-6-11(21-13)15(19)20-9-18)14-8-24(23-22-14)12-5-3-2-4-10(12)17/h2-9,21,25H,1H3,(H3,18,19,20)/p+1. The number of aromatic nitrogens is 4. The topological polar surface area (TPSA) is 131 Å². The van der Waals surface area contributed by atoms with Crippen LogP contribution in [0, 0.1) is 5.82 Å². The highest BCUT2D eigenvalue weighted by atomic mass is 19.1. The predicted octanol–water partition coefficient (Wildman–Crippen LogP) is -0.517. The third-order valence-electron chi connectivity index (χ3n) is 3.79. The van der Waals surface area contributed by atoms with E-state index in [0.29, 0.717) is 11.4 Å². The lowest BCUT2D eigenvalue weighted by molar-refractivity contribution is -0.106. The Labute approximate surface area is 142 Å². The number of benzene rings is 1. The van der Waals surface area contributed by atoms with Crippen molar-refractivity contribution in [1.29, 1.82) is 0 Å². The van der Waals surface area contributed by atoms with E-state index in [1.807, 2.05) is 0 Å². The van der Waals surface area contributed by atoms with Crippen LogP contribution in [0.2, 0.25) is 0 Å². The molecule has 0 spiro atoms. The molecule has 25 heavy (non-hydrogen) atoms. The minimum atomic E-state index is -1.49. The van der Waals surface area contributed by atoms with Crippen LogP contribution in [0.3, 0.4) is 0 Å². The van der Waals surface area contributed by atoms with Gasteiger partial charge in [-0.05, 0) is 36.2 Å². The van der Waals surface area contributed by atoms with Gasteiger partial charge >= 0.3 is 0 Å². The molecule has 0 amide bonds. The molecule has 6 N–H and O–H groups in total. The van der Waals surface area contributed by atoms with E-state index in [0.717, 1.165) is 6.34 Å². The van der Waals surface area contributed by atoms with Gasteiger partial charge in [-0.2, -0.15) is 0 Å². The predicted molar refractivity (Wildman–Crippen MR) is 89.5 cm³/mol. The van der Waals surface area contributed by atoms with E-state index < -0.39 is 11.4 Å². The Balaban J connectivity index is 1.95. The van der Waals surface area contributed by atoms with Crippen LogP contribution in [0.15, 0.2) is 47.6 Å². The maximum Gasteiger partial charge on any atom is 0.280 e. The van der Waals surface area contributed by atoms with Crippen LogP contribution in [0.25, 0.3) is 5.69 Å². The number of rotatable bonds is 5. The lowest BCUT2D eigenvalue weighted by Crippen LogP contribution is -2.30. The largest absolute Gasteiger partial charge is 0.377 e. The number of hydrogen-bond acceptors (Lipinski definition) is 3. The molecule has 1 aromatic carbocycles. The molecule has 0 aliphatic heterocycles. The number of amidine groups is 1. The number of H-pyrrole nitrogens is 1. The highest BCUT2D eigenvalue weighted by Crippen LogP contribution is 2.27. The summed E-state index contributed by atoms with van der Waals surface area (Å²) in [6, 6.07) is 9.46. The molecule has 0 saturated heterocycles. The zero-order valence-electron chi connectivity index (χ0n) is 13.4. The van der Waals surface area contributed by atoms with E-state index >= 15 is 0 Å². The molecule has 1 unspecified atom stereocenters. The number of halogens is 1. The van der Waals surface area contributed by atoms with Gasteiger partial charge in [-0.15, -0.1) is 5.10 Å². The summed E-state index contributed by atoms with van der Waals surface area (Å²) in [7, 11) is 0. The molecule has 0 saturated carbocycles. The Morgan fingerprint density at radius 2 is 2.16 bits per heavy atom. The van der Waals surface area contributed by atoms with Crippen LogP contribution < -0.4 is 11.1 Å². The lowest BCUT2D eigenvalue weighted by Gasteiger charge is -2.18. The Bertz CT molecular complexity index is 941. The monoisotopic (exact) mass is 342 g/mol. The maximum atomic E-state index is 13.9. The smallest absolute Gasteiger partial charge is 0.280 e. The molecular weight excluding hydrogens is 325 g/mol. The van der Waals surface area contributed by atoms with E-state index in [1.54, 1.807) is 37.3 Å². The Hall–Kier alpha value is -3.33. The van der Waals surface area contributed by atoms with Gasteiger partial charge in [0.05, 0.1) is 11.9 Å². The van der Waals surface area contributed by atoms with Crippen LogP contribution in [0.4, 0.5) is 4.39 Å². The lowest BCUT2D eigenvalue weighted by atomic mass is 9.99. The molecule has 3 aromatic rings. The molecule has 0 fully saturated rings. The minimum absolute atomic E-state index is 0.180. The van der Waals surface area contributed by atoms with Crippen molar-refractivity contribution in [3.8, 4) is 5.69 Å². The second kappa shape index (κ2) is 6.29. The van der Waals surface area contributed by atoms with Crippen LogP contribution in [-0.2, 0) is 5.60 Å². The van der Waals surface area contributed by atoms with Gasteiger partial charge in [-0.1, -0.05) is 17.3 Å². The van der Waals surface area contributed by atoms with Crippen molar-refractivity contribution in [3.63, 3.8) is 0 Å². The second-order valence-electron chi connectivity index (χ2n) is 5.52. The Kier molecular flexibility index (Phi) is 4.15. The molecule has 0 radical (unpaired) electrons. The number of nitrogens with two attached hydrogens (primary N) is 2. The summed E-state index contributed by atoms with van der Waals surface area (Å²) >= 11 is 0. The van der Waals surface area contributed by atoms with Gasteiger partial charge in [0, 0.05) is 0 Å². The van der Waals surface area contributed by atoms with Crippen molar-refractivity contribution < 1.29 is 14.9 Å². The number of aromatic amines is 1. The third-order valence-corrected chi connectivity index (χ3v) is 3.79. The van der Waals surface area contributed by atoms with Crippen LogP contribution in [0.1, 0.15) is 24.0 Å². The number of nitrogens with one attached hydrogen (secondary N) is 1. The van der Waals surface area contributed by atoms with Crippen molar-refractivity contribution in [2.45, 2.75) is 12.5 Å². The first-order chi connectivity index (χ1) is 11.9. The average Bonchev–Trinajstić information content (AvgIpc) is 3.26. The second-order valence-corrected chi connectivity index (χ2v) is 5.52. The average molecular weight is 342 g/mol. The fourth-order valence-corrected chi connectivity index (χ4v) is 2.36. The Morgan fingerprint density at radius 3 is 2.88 bits per heavy atom. The van der Waals surface area contributed by atoms with Gasteiger partial charge in [-0.3, -0.25) is 5.41 Å². The van der Waals surface area contributed by atoms with Crippen molar-refractivity contribution in [2.24, 2.45) is 10.7 Å². The highest BCUT2D eigenvalue weighted by Gasteiger charge is 2.31. The fraction of sp³-hybridized carbons (Fsp3) is 0.125. The van der Waals surface area contributed by atoms with Crippen LogP contribution >= 0.6 is 0 Å². The molecule has 9 heteroatoms. The fourth-order valence-electron chi connectivity index (χ4n) is 2.36. The molecule has 1 atom stereocenters. The summed E-state index contributed by atoms with van der Waals surface area (Å²) in [4.78, 5) is 6.74. The summed E-state index contributed by atoms with van der Waals surface area (Å²) < 4.78 is 15.1. The normalized spacial score (nSPS) is 14.3. The van der Waals surface area contributed by atoms with Gasteiger partial charge in [0.2, 0.25) is 0 Å². The van der Waals surface area contributed by atoms with Crippen LogP contribution in [-0.4, -0.2) is 37.3 Å². The molecule has 0 aliphatic carbocycles. The maximum absolute atomic E-state index is 13.9. The SMILES string of the molecule is CC(O)(c1cn(-c2ccccc2F)nn1)c1ccc(C(N)=NC=[NH2+])[nH]1. The summed E-state index contributed by atoms with van der Waals surface area (Å²) in [6.45, 7) is 1.54. The summed E-state index contributed by atoms with van der Waals surface area (Å²) in [5, 5.41) is 23.9. The van der Waals surface area contributed by atoms with Gasteiger partial charge in [0.25, 0.3) is 12.2 Å². The number of aliphatic imine (C=N–C) groups is 1. The molecule has 128 valence electrons. The van der Waals surface area contributed by atoms with Crippen molar-refractivity contribution in [3.05, 3.63) is 65.5 Å². The Morgan fingerprint density at radius 1 is 1.40 bits per heavy atom. The molecule has 2 heterocycles. The van der Waals surface area contributed by atoms with Crippen molar-refractivity contribution >= 4 is 12.2 Å². The quantitative estimate of drug-likeness (QED) is 0.367. The summed E-state index contributed by atoms with van der Waals surface area (Å²) in [6.07, 6.45) is 2.54. The van der Waals surface area contributed by atoms with E-state index in [2.05, 4.69) is 20.3 Å². The zero-order valence-corrected chi connectivity index (χ0v) is 13.4. The first-order valence-corrected chi connectivity index (χ1v) is 7.40. The molecule has 3 rings (SSSR count). The summed E-state index contributed by atoms with van der Waals surface area (Å²) in [5.41, 5.74) is 5.66. The number of nitrogens with zero attached hydrogens (tertiary/aromatic N) is 4. The number of aliphatic hydroxyl groups is 1. The van der Waals surface area contributed by atoms with Crippen molar-refractivity contribution in [2.75, 3.05) is 0 Å². The summed E-state index contributed by atoms with van der Waals surface area (Å²) in [5.74, 6) is -0.262. The molecule has 0 bridgehead atoms. The minimum Gasteiger partial charge on any atom is -0.377 e. The first kappa shape index (κ1) is 16.5.